The Kier molecular flexibility index (Phi) is 6.29. The lowest BCUT2D eigenvalue weighted by Crippen LogP contribution is -2.32. The van der Waals surface area contributed by atoms with Gasteiger partial charge in [0.05, 0.1) is 21.3 Å². The fourth-order valence-corrected chi connectivity index (χ4v) is 3.51. The van der Waals surface area contributed by atoms with Crippen molar-refractivity contribution < 1.29 is 19.1 Å². The van der Waals surface area contributed by atoms with E-state index in [1.165, 1.54) is 30.3 Å². The third kappa shape index (κ3) is 4.66. The molecule has 0 unspecified atom stereocenters. The second kappa shape index (κ2) is 9.15. The van der Waals surface area contributed by atoms with Gasteiger partial charge < -0.3 is 15.8 Å². The van der Waals surface area contributed by atoms with Gasteiger partial charge in [0.1, 0.15) is 16.5 Å². The number of rotatable bonds is 5. The molecule has 0 bridgehead atoms. The van der Waals surface area contributed by atoms with E-state index in [4.69, 9.17) is 45.3 Å². The first-order valence-electron chi connectivity index (χ1n) is 9.43. The lowest BCUT2D eigenvalue weighted by molar-refractivity contribution is -0.120. The van der Waals surface area contributed by atoms with Crippen molar-refractivity contribution >= 4 is 69.6 Å². The summed E-state index contributed by atoms with van der Waals surface area (Å²) in [5, 5.41) is 3.02. The fraction of sp³-hybridized carbons (Fsp3) is 0. The molecular formula is C23H14Cl3N3O4. The lowest BCUT2D eigenvalue weighted by atomic mass is 10.2. The van der Waals surface area contributed by atoms with Crippen LogP contribution in [0.4, 0.5) is 17.1 Å². The van der Waals surface area contributed by atoms with Crippen molar-refractivity contribution in [3.05, 3.63) is 93.1 Å². The molecule has 1 aliphatic heterocycles. The van der Waals surface area contributed by atoms with Crippen LogP contribution in [0.2, 0.25) is 10.0 Å². The molecular weight excluding hydrogens is 489 g/mol. The Morgan fingerprint density at radius 2 is 1.52 bits per heavy atom. The Morgan fingerprint density at radius 3 is 2.15 bits per heavy atom. The minimum Gasteiger partial charge on any atom is -0.423 e. The highest BCUT2D eigenvalue weighted by molar-refractivity contribution is 6.53. The molecule has 0 radical (unpaired) electrons. The predicted octanol–water partition coefficient (Wildman–Crippen LogP) is 5.23. The Hall–Kier alpha value is -3.52. The number of amides is 2. The summed E-state index contributed by atoms with van der Waals surface area (Å²) in [6.07, 6.45) is 0. The molecule has 0 saturated heterocycles. The Labute approximate surface area is 203 Å². The van der Waals surface area contributed by atoms with Gasteiger partial charge in [-0.2, -0.15) is 0 Å². The topological polar surface area (TPSA) is 102 Å². The number of nitrogens with zero attached hydrogens (tertiary/aromatic N) is 1. The van der Waals surface area contributed by atoms with Crippen LogP contribution in [0.15, 0.2) is 77.5 Å². The Balaban J connectivity index is 1.48. The number of nitrogens with two attached hydrogens (primary N) is 1. The Morgan fingerprint density at radius 1 is 0.848 bits per heavy atom. The smallest absolute Gasteiger partial charge is 0.343 e. The first kappa shape index (κ1) is 22.7. The highest BCUT2D eigenvalue weighted by Gasteiger charge is 2.39. The highest BCUT2D eigenvalue weighted by atomic mass is 35.5. The maximum absolute atomic E-state index is 12.9. The van der Waals surface area contributed by atoms with Crippen LogP contribution in [0.3, 0.4) is 0 Å². The van der Waals surface area contributed by atoms with Crippen LogP contribution >= 0.6 is 34.8 Å². The number of esters is 1. The molecule has 0 saturated carbocycles. The first-order valence-corrected chi connectivity index (χ1v) is 10.6. The van der Waals surface area contributed by atoms with Gasteiger partial charge in [-0.15, -0.1) is 0 Å². The zero-order valence-corrected chi connectivity index (χ0v) is 18.9. The van der Waals surface area contributed by atoms with Crippen molar-refractivity contribution in [3.8, 4) is 5.75 Å². The summed E-state index contributed by atoms with van der Waals surface area (Å²) in [7, 11) is 0. The van der Waals surface area contributed by atoms with E-state index < -0.39 is 17.8 Å². The number of benzene rings is 3. The Bertz CT molecular complexity index is 1310. The van der Waals surface area contributed by atoms with Crippen LogP contribution < -0.4 is 20.7 Å². The number of ether oxygens (including phenoxy) is 1. The van der Waals surface area contributed by atoms with E-state index in [0.29, 0.717) is 17.1 Å². The summed E-state index contributed by atoms with van der Waals surface area (Å²) in [5.41, 5.74) is 7.01. The molecule has 166 valence electrons. The molecule has 4 rings (SSSR count). The number of hydrogen-bond donors (Lipinski definition) is 2. The third-order valence-electron chi connectivity index (χ3n) is 4.67. The van der Waals surface area contributed by atoms with Gasteiger partial charge in [-0.25, -0.2) is 9.69 Å². The fourth-order valence-electron chi connectivity index (χ4n) is 3.01. The van der Waals surface area contributed by atoms with E-state index in [9.17, 15) is 14.4 Å². The monoisotopic (exact) mass is 501 g/mol. The quantitative estimate of drug-likeness (QED) is 0.214. The summed E-state index contributed by atoms with van der Waals surface area (Å²) in [5.74, 6) is -1.58. The van der Waals surface area contributed by atoms with E-state index >= 15 is 0 Å². The van der Waals surface area contributed by atoms with E-state index in [1.54, 1.807) is 36.4 Å². The molecule has 1 heterocycles. The normalized spacial score (nSPS) is 13.5. The maximum atomic E-state index is 12.9. The van der Waals surface area contributed by atoms with Crippen LogP contribution in [-0.2, 0) is 9.59 Å². The van der Waals surface area contributed by atoms with Gasteiger partial charge in [0.15, 0.2) is 0 Å². The molecule has 0 fully saturated rings. The number of nitrogens with one attached hydrogen (secondary N) is 1. The molecule has 10 heteroatoms. The van der Waals surface area contributed by atoms with Crippen molar-refractivity contribution in [1.82, 2.24) is 0 Å². The van der Waals surface area contributed by atoms with Gasteiger partial charge >= 0.3 is 5.97 Å². The third-order valence-corrected chi connectivity index (χ3v) is 5.76. The molecule has 0 atom stereocenters. The standard InChI is InChI=1S/C23H14Cl3N3O4/c24-17-10-7-15(11-18(17)25)29-21(30)19(26)20(22(29)31)28-14-5-1-12(2-6-14)23(32)33-16-8-3-13(27)4-9-16/h1-11,28H,27H2. The van der Waals surface area contributed by atoms with E-state index in [-0.39, 0.29) is 32.0 Å². The predicted molar refractivity (Wildman–Crippen MR) is 128 cm³/mol. The molecule has 0 spiro atoms. The number of hydrogen-bond acceptors (Lipinski definition) is 6. The molecule has 1 aliphatic rings. The summed E-state index contributed by atoms with van der Waals surface area (Å²) in [4.78, 5) is 38.7. The average molecular weight is 503 g/mol. The van der Waals surface area contributed by atoms with Crippen LogP contribution in [0, 0.1) is 0 Å². The van der Waals surface area contributed by atoms with Gasteiger partial charge in [0.2, 0.25) is 0 Å². The van der Waals surface area contributed by atoms with Gasteiger partial charge in [0.25, 0.3) is 11.8 Å². The second-order valence-electron chi connectivity index (χ2n) is 6.89. The van der Waals surface area contributed by atoms with E-state index in [2.05, 4.69) is 5.32 Å². The van der Waals surface area contributed by atoms with Crippen molar-refractivity contribution in [2.75, 3.05) is 16.0 Å². The summed E-state index contributed by atoms with van der Waals surface area (Å²) in [6, 6.07) is 16.9. The second-order valence-corrected chi connectivity index (χ2v) is 8.09. The highest BCUT2D eigenvalue weighted by Crippen LogP contribution is 2.33. The lowest BCUT2D eigenvalue weighted by Gasteiger charge is -2.15. The SMILES string of the molecule is Nc1ccc(OC(=O)c2ccc(NC3=C(Cl)C(=O)N(c4ccc(Cl)c(Cl)c4)C3=O)cc2)cc1. The molecule has 0 aromatic heterocycles. The number of anilines is 3. The molecule has 33 heavy (non-hydrogen) atoms. The van der Waals surface area contributed by atoms with Crippen LogP contribution in [0.25, 0.3) is 0 Å². The molecule has 0 aliphatic carbocycles. The summed E-state index contributed by atoms with van der Waals surface area (Å²) >= 11 is 18.0. The number of carbonyl (C=O) groups is 3. The molecule has 3 N–H and O–H groups in total. The first-order chi connectivity index (χ1) is 15.7. The summed E-state index contributed by atoms with van der Waals surface area (Å²) < 4.78 is 5.29. The van der Waals surface area contributed by atoms with E-state index in [0.717, 1.165) is 4.90 Å². The van der Waals surface area contributed by atoms with E-state index in [1.807, 2.05) is 0 Å². The van der Waals surface area contributed by atoms with Crippen LogP contribution in [-0.4, -0.2) is 17.8 Å². The van der Waals surface area contributed by atoms with Crippen molar-refractivity contribution in [3.63, 3.8) is 0 Å². The van der Waals surface area contributed by atoms with Crippen molar-refractivity contribution in [1.29, 1.82) is 0 Å². The molecule has 7 nitrogen and oxygen atoms in total. The number of nitrogen functional groups attached to an aromatic ring is 1. The number of imide groups is 1. The molecule has 2 amide bonds. The average Bonchev–Trinajstić information content (AvgIpc) is 3.01. The van der Waals surface area contributed by atoms with Crippen molar-refractivity contribution in [2.24, 2.45) is 0 Å². The minimum absolute atomic E-state index is 0.107. The number of halogens is 3. The van der Waals surface area contributed by atoms with Gasteiger partial charge in [-0.3, -0.25) is 9.59 Å². The van der Waals surface area contributed by atoms with Crippen molar-refractivity contribution in [2.45, 2.75) is 0 Å². The maximum Gasteiger partial charge on any atom is 0.343 e. The number of carbonyl (C=O) groups excluding carboxylic acids is 3. The molecule has 3 aromatic rings. The summed E-state index contributed by atoms with van der Waals surface area (Å²) in [6.45, 7) is 0. The molecule has 3 aromatic carbocycles. The largest absolute Gasteiger partial charge is 0.423 e. The van der Waals surface area contributed by atoms with Crippen LogP contribution in [0.1, 0.15) is 10.4 Å². The minimum atomic E-state index is -0.703. The van der Waals surface area contributed by atoms with Gasteiger partial charge in [0, 0.05) is 11.4 Å². The van der Waals surface area contributed by atoms with Gasteiger partial charge in [-0.05, 0) is 66.7 Å². The zero-order chi connectivity index (χ0) is 23.7. The zero-order valence-electron chi connectivity index (χ0n) is 16.6. The van der Waals surface area contributed by atoms with Gasteiger partial charge in [-0.1, -0.05) is 34.8 Å². The van der Waals surface area contributed by atoms with Crippen LogP contribution in [0.5, 0.6) is 5.75 Å².